The molecule has 4 rings (SSSR count). The van der Waals surface area contributed by atoms with Crippen LogP contribution in [-0.4, -0.2) is 65.4 Å². The van der Waals surface area contributed by atoms with Crippen LogP contribution >= 0.6 is 0 Å². The molecular weight excluding hydrogens is 376 g/mol. The van der Waals surface area contributed by atoms with E-state index in [9.17, 15) is 9.59 Å². The summed E-state index contributed by atoms with van der Waals surface area (Å²) in [6.45, 7) is 5.63. The van der Waals surface area contributed by atoms with Gasteiger partial charge in [0.25, 0.3) is 0 Å². The summed E-state index contributed by atoms with van der Waals surface area (Å²) in [6.07, 6.45) is 8.58. The first kappa shape index (κ1) is 20.9. The van der Waals surface area contributed by atoms with E-state index in [1.807, 2.05) is 30.2 Å². The number of carbonyl (C=O) groups excluding carboxylic acids is 2. The van der Waals surface area contributed by atoms with Crippen molar-refractivity contribution in [2.45, 2.75) is 51.5 Å². The molecule has 30 heavy (non-hydrogen) atoms. The number of hydrogen-bond acceptors (Lipinski definition) is 3. The van der Waals surface area contributed by atoms with E-state index in [0.29, 0.717) is 12.5 Å². The summed E-state index contributed by atoms with van der Waals surface area (Å²) >= 11 is 0. The molecule has 2 fully saturated rings. The third-order valence-electron chi connectivity index (χ3n) is 6.88. The van der Waals surface area contributed by atoms with Crippen LogP contribution in [0.4, 0.5) is 0 Å². The molecule has 6 heteroatoms. The highest BCUT2D eigenvalue weighted by molar-refractivity contribution is 5.84. The van der Waals surface area contributed by atoms with E-state index in [2.05, 4.69) is 27.3 Å². The number of fused-ring (bicyclic) bond motifs is 1. The minimum Gasteiger partial charge on any atom is -0.361 e. The van der Waals surface area contributed by atoms with E-state index >= 15 is 0 Å². The van der Waals surface area contributed by atoms with Gasteiger partial charge in [0.2, 0.25) is 11.8 Å². The van der Waals surface area contributed by atoms with Crippen LogP contribution < -0.4 is 5.32 Å². The molecule has 2 amide bonds. The van der Waals surface area contributed by atoms with Gasteiger partial charge in [0.15, 0.2) is 0 Å². The Labute approximate surface area is 179 Å². The molecule has 2 aromatic rings. The number of benzene rings is 1. The minimum atomic E-state index is -0.167. The van der Waals surface area contributed by atoms with Crippen LogP contribution in [0.1, 0.15) is 44.6 Å². The summed E-state index contributed by atoms with van der Waals surface area (Å²) in [5, 5.41) is 4.31. The number of piperazine rings is 1. The average molecular weight is 411 g/mol. The molecular formula is C24H34N4O2. The van der Waals surface area contributed by atoms with Crippen LogP contribution in [0.2, 0.25) is 0 Å². The Morgan fingerprint density at radius 2 is 1.83 bits per heavy atom. The van der Waals surface area contributed by atoms with Gasteiger partial charge < -0.3 is 15.2 Å². The normalized spacial score (nSPS) is 19.7. The highest BCUT2D eigenvalue weighted by atomic mass is 16.2. The van der Waals surface area contributed by atoms with Crippen LogP contribution in [0.15, 0.2) is 30.5 Å². The molecule has 0 bridgehead atoms. The van der Waals surface area contributed by atoms with Crippen LogP contribution in [0.5, 0.6) is 0 Å². The Morgan fingerprint density at radius 3 is 2.60 bits per heavy atom. The predicted octanol–water partition coefficient (Wildman–Crippen LogP) is 2.94. The fourth-order valence-electron chi connectivity index (χ4n) is 4.91. The van der Waals surface area contributed by atoms with Gasteiger partial charge in [-0.25, -0.2) is 0 Å². The van der Waals surface area contributed by atoms with Crippen molar-refractivity contribution >= 4 is 22.7 Å². The highest BCUT2D eigenvalue weighted by Crippen LogP contribution is 2.26. The average Bonchev–Trinajstić information content (AvgIpc) is 3.22. The van der Waals surface area contributed by atoms with Crippen LogP contribution in [0.3, 0.4) is 0 Å². The molecule has 1 atom stereocenters. The summed E-state index contributed by atoms with van der Waals surface area (Å²) in [7, 11) is 0. The van der Waals surface area contributed by atoms with E-state index in [1.54, 1.807) is 0 Å². The summed E-state index contributed by atoms with van der Waals surface area (Å²) in [4.78, 5) is 32.9. The molecule has 1 aromatic heterocycles. The second-order valence-corrected chi connectivity index (χ2v) is 8.77. The highest BCUT2D eigenvalue weighted by Gasteiger charge is 2.31. The summed E-state index contributed by atoms with van der Waals surface area (Å²) < 4.78 is 0. The molecule has 2 N–H and O–H groups in total. The number of carbonyl (C=O) groups is 2. The molecule has 2 heterocycles. The third-order valence-corrected chi connectivity index (χ3v) is 6.88. The number of nitrogens with zero attached hydrogens (tertiary/aromatic N) is 2. The van der Waals surface area contributed by atoms with Crippen molar-refractivity contribution in [1.29, 1.82) is 0 Å². The second kappa shape index (κ2) is 9.65. The molecule has 0 radical (unpaired) electrons. The number of aromatic amines is 1. The van der Waals surface area contributed by atoms with E-state index < -0.39 is 0 Å². The fourth-order valence-corrected chi connectivity index (χ4v) is 4.91. The Balaban J connectivity index is 1.21. The molecule has 1 saturated heterocycles. The van der Waals surface area contributed by atoms with Gasteiger partial charge in [-0.1, -0.05) is 37.5 Å². The molecule has 1 aliphatic carbocycles. The van der Waals surface area contributed by atoms with Crippen molar-refractivity contribution in [3.63, 3.8) is 0 Å². The monoisotopic (exact) mass is 410 g/mol. The van der Waals surface area contributed by atoms with Gasteiger partial charge in [0, 0.05) is 55.7 Å². The lowest BCUT2D eigenvalue weighted by atomic mass is 9.88. The topological polar surface area (TPSA) is 68.4 Å². The van der Waals surface area contributed by atoms with Gasteiger partial charge in [0.05, 0.1) is 6.04 Å². The van der Waals surface area contributed by atoms with E-state index in [-0.39, 0.29) is 17.9 Å². The Hall–Kier alpha value is -2.34. The lowest BCUT2D eigenvalue weighted by Gasteiger charge is -2.39. The number of H-pyrrole nitrogens is 1. The zero-order chi connectivity index (χ0) is 20.9. The zero-order valence-electron chi connectivity index (χ0n) is 18.0. The van der Waals surface area contributed by atoms with Crippen molar-refractivity contribution < 1.29 is 9.59 Å². The van der Waals surface area contributed by atoms with E-state index in [0.717, 1.165) is 51.0 Å². The minimum absolute atomic E-state index is 0.0712. The molecule has 162 valence electrons. The summed E-state index contributed by atoms with van der Waals surface area (Å²) in [6, 6.07) is 8.07. The van der Waals surface area contributed by atoms with Gasteiger partial charge in [-0.05, 0) is 37.8 Å². The second-order valence-electron chi connectivity index (χ2n) is 8.77. The predicted molar refractivity (Wildman–Crippen MR) is 119 cm³/mol. The van der Waals surface area contributed by atoms with Crippen LogP contribution in [0, 0.1) is 5.92 Å². The fraction of sp³-hybridized carbons (Fsp3) is 0.583. The van der Waals surface area contributed by atoms with E-state index in [1.165, 1.54) is 30.2 Å². The van der Waals surface area contributed by atoms with Gasteiger partial charge in [-0.3, -0.25) is 14.5 Å². The SMILES string of the molecule is CC(C(=O)NCCc1c[nH]c2ccccc12)N1CCN(C(=O)C2CCCCC2)CC1. The van der Waals surface area contributed by atoms with Crippen molar-refractivity contribution in [2.75, 3.05) is 32.7 Å². The lowest BCUT2D eigenvalue weighted by molar-refractivity contribution is -0.139. The lowest BCUT2D eigenvalue weighted by Crippen LogP contribution is -2.55. The van der Waals surface area contributed by atoms with Crippen LogP contribution in [0.25, 0.3) is 10.9 Å². The summed E-state index contributed by atoms with van der Waals surface area (Å²) in [5.74, 6) is 0.641. The zero-order valence-corrected chi connectivity index (χ0v) is 18.0. The Kier molecular flexibility index (Phi) is 6.72. The first-order chi connectivity index (χ1) is 14.6. The number of rotatable bonds is 6. The Morgan fingerprint density at radius 1 is 1.10 bits per heavy atom. The number of amides is 2. The first-order valence-corrected chi connectivity index (χ1v) is 11.5. The van der Waals surface area contributed by atoms with Crippen molar-refractivity contribution in [3.05, 3.63) is 36.0 Å². The van der Waals surface area contributed by atoms with Gasteiger partial charge in [-0.15, -0.1) is 0 Å². The summed E-state index contributed by atoms with van der Waals surface area (Å²) in [5.41, 5.74) is 2.36. The Bertz CT molecular complexity index is 863. The largest absolute Gasteiger partial charge is 0.361 e. The molecule has 6 nitrogen and oxygen atoms in total. The number of aromatic nitrogens is 1. The maximum absolute atomic E-state index is 12.7. The van der Waals surface area contributed by atoms with Crippen LogP contribution in [-0.2, 0) is 16.0 Å². The maximum atomic E-state index is 12.7. The number of nitrogens with one attached hydrogen (secondary N) is 2. The third kappa shape index (κ3) is 4.69. The molecule has 1 saturated carbocycles. The number of para-hydroxylation sites is 1. The van der Waals surface area contributed by atoms with Gasteiger partial charge in [-0.2, -0.15) is 0 Å². The van der Waals surface area contributed by atoms with Gasteiger partial charge in [0.1, 0.15) is 0 Å². The molecule has 1 aromatic carbocycles. The van der Waals surface area contributed by atoms with Crippen molar-refractivity contribution in [3.8, 4) is 0 Å². The van der Waals surface area contributed by atoms with Crippen molar-refractivity contribution in [2.24, 2.45) is 5.92 Å². The van der Waals surface area contributed by atoms with Crippen molar-refractivity contribution in [1.82, 2.24) is 20.1 Å². The first-order valence-electron chi connectivity index (χ1n) is 11.5. The number of hydrogen-bond donors (Lipinski definition) is 2. The smallest absolute Gasteiger partial charge is 0.237 e. The molecule has 0 spiro atoms. The van der Waals surface area contributed by atoms with Gasteiger partial charge >= 0.3 is 0 Å². The standard InChI is InChI=1S/C24H34N4O2/c1-18(23(29)25-12-11-20-17-26-22-10-6-5-9-21(20)22)27-13-15-28(16-14-27)24(30)19-7-3-2-4-8-19/h5-6,9-10,17-19,26H,2-4,7-8,11-16H2,1H3,(H,25,29). The maximum Gasteiger partial charge on any atom is 0.237 e. The van der Waals surface area contributed by atoms with E-state index in [4.69, 9.17) is 0 Å². The quantitative estimate of drug-likeness (QED) is 0.769. The molecule has 2 aliphatic rings. The molecule has 1 aliphatic heterocycles. The molecule has 1 unspecified atom stereocenters.